The van der Waals surface area contributed by atoms with Gasteiger partial charge in [-0.1, -0.05) is 5.21 Å². The van der Waals surface area contributed by atoms with E-state index in [1.54, 1.807) is 0 Å². The molecule has 0 aromatic carbocycles. The lowest BCUT2D eigenvalue weighted by Crippen LogP contribution is -2.38. The van der Waals surface area contributed by atoms with Crippen LogP contribution in [0.3, 0.4) is 0 Å². The van der Waals surface area contributed by atoms with Crippen LogP contribution in [0.5, 0.6) is 0 Å². The third-order valence-corrected chi connectivity index (χ3v) is 7.05. The maximum atomic E-state index is 6.51. The van der Waals surface area contributed by atoms with Crippen molar-refractivity contribution < 1.29 is 4.74 Å². The predicted molar refractivity (Wildman–Crippen MR) is 119 cm³/mol. The van der Waals surface area contributed by atoms with Crippen molar-refractivity contribution in [1.82, 2.24) is 29.9 Å². The summed E-state index contributed by atoms with van der Waals surface area (Å²) in [7, 11) is 4.13. The van der Waals surface area contributed by atoms with Crippen molar-refractivity contribution in [3.8, 4) is 0 Å². The van der Waals surface area contributed by atoms with E-state index >= 15 is 0 Å². The van der Waals surface area contributed by atoms with E-state index < -0.39 is 0 Å². The number of hydrogen-bond acceptors (Lipinski definition) is 7. The van der Waals surface area contributed by atoms with Crippen molar-refractivity contribution in [2.45, 2.75) is 58.2 Å². The van der Waals surface area contributed by atoms with Gasteiger partial charge in [-0.05, 0) is 71.4 Å². The molecule has 0 bridgehead atoms. The van der Waals surface area contributed by atoms with Gasteiger partial charge in [0.05, 0.1) is 35.4 Å². The summed E-state index contributed by atoms with van der Waals surface area (Å²) in [6, 6.07) is 0.257. The van der Waals surface area contributed by atoms with Gasteiger partial charge in [0, 0.05) is 32.4 Å². The Morgan fingerprint density at radius 1 is 1.13 bits per heavy atom. The summed E-state index contributed by atoms with van der Waals surface area (Å²) in [5.74, 6) is 3.07. The zero-order valence-electron chi connectivity index (χ0n) is 19.2. The molecule has 0 radical (unpaired) electrons. The second-order valence-electron chi connectivity index (χ2n) is 10.1. The molecule has 3 fully saturated rings. The van der Waals surface area contributed by atoms with Crippen LogP contribution < -0.4 is 4.90 Å². The molecule has 5 rings (SSSR count). The second-order valence-corrected chi connectivity index (χ2v) is 10.1. The molecule has 0 amide bonds. The van der Waals surface area contributed by atoms with Gasteiger partial charge in [-0.25, -0.2) is 9.67 Å². The van der Waals surface area contributed by atoms with E-state index in [9.17, 15) is 0 Å². The third-order valence-electron chi connectivity index (χ3n) is 7.05. The summed E-state index contributed by atoms with van der Waals surface area (Å²) in [6.07, 6.45) is 8.99. The number of ether oxygens (including phenoxy) is 1. The molecule has 31 heavy (non-hydrogen) atoms. The number of aryl methyl sites for hydroxylation is 2. The first-order valence-electron chi connectivity index (χ1n) is 11.7. The maximum absolute atomic E-state index is 6.51. The number of anilines is 1. The molecule has 3 heterocycles. The molecule has 8 heteroatoms. The highest BCUT2D eigenvalue weighted by Gasteiger charge is 2.45. The van der Waals surface area contributed by atoms with Gasteiger partial charge in [-0.2, -0.15) is 0 Å². The number of rotatable bonds is 7. The minimum Gasteiger partial charge on any atom is -0.376 e. The highest BCUT2D eigenvalue weighted by molar-refractivity contribution is 5.44. The van der Waals surface area contributed by atoms with Crippen LogP contribution in [-0.4, -0.2) is 69.8 Å². The molecule has 168 valence electrons. The molecule has 8 nitrogen and oxygen atoms in total. The van der Waals surface area contributed by atoms with Crippen LogP contribution in [0.25, 0.3) is 0 Å². The first-order chi connectivity index (χ1) is 15.0. The normalized spacial score (nSPS) is 28.4. The van der Waals surface area contributed by atoms with E-state index in [4.69, 9.17) is 9.72 Å². The zero-order chi connectivity index (χ0) is 21.5. The van der Waals surface area contributed by atoms with Gasteiger partial charge in [0.25, 0.3) is 0 Å². The quantitative estimate of drug-likeness (QED) is 0.675. The van der Waals surface area contributed by atoms with E-state index in [0.29, 0.717) is 11.8 Å². The van der Waals surface area contributed by atoms with Crippen molar-refractivity contribution in [3.63, 3.8) is 0 Å². The van der Waals surface area contributed by atoms with Crippen molar-refractivity contribution >= 4 is 5.82 Å². The van der Waals surface area contributed by atoms with Gasteiger partial charge in [0.2, 0.25) is 0 Å². The van der Waals surface area contributed by atoms with Crippen LogP contribution in [0.15, 0.2) is 12.4 Å². The second kappa shape index (κ2) is 8.47. The van der Waals surface area contributed by atoms with Gasteiger partial charge in [-0.3, -0.25) is 4.98 Å². The molecular formula is C23H35N7O. The average Bonchev–Trinajstić information content (AvgIpc) is 3.29. The Morgan fingerprint density at radius 2 is 1.90 bits per heavy atom. The SMILES string of the molecule is Cc1cnc(C)c(N2C[C@H]3C[C@@H](n4cc(CN(C)C)nn4)[C@H](OCC4CC4)C[C@H]3C2)n1. The van der Waals surface area contributed by atoms with E-state index in [2.05, 4.69) is 57.0 Å². The van der Waals surface area contributed by atoms with E-state index in [1.807, 2.05) is 13.1 Å². The van der Waals surface area contributed by atoms with Crippen molar-refractivity contribution in [1.29, 1.82) is 0 Å². The van der Waals surface area contributed by atoms with Crippen molar-refractivity contribution in [2.24, 2.45) is 17.8 Å². The Balaban J connectivity index is 1.34. The smallest absolute Gasteiger partial charge is 0.150 e. The van der Waals surface area contributed by atoms with Gasteiger partial charge >= 0.3 is 0 Å². The Kier molecular flexibility index (Phi) is 5.69. The van der Waals surface area contributed by atoms with Gasteiger partial charge in [-0.15, -0.1) is 5.10 Å². The zero-order valence-corrected chi connectivity index (χ0v) is 19.2. The van der Waals surface area contributed by atoms with Crippen LogP contribution in [0.1, 0.15) is 48.8 Å². The monoisotopic (exact) mass is 425 g/mol. The fraction of sp³-hybridized carbons (Fsp3) is 0.739. The molecular weight excluding hydrogens is 390 g/mol. The Hall–Kier alpha value is -2.06. The summed E-state index contributed by atoms with van der Waals surface area (Å²) < 4.78 is 8.60. The average molecular weight is 426 g/mol. The number of hydrogen-bond donors (Lipinski definition) is 0. The summed E-state index contributed by atoms with van der Waals surface area (Å²) in [5, 5.41) is 8.96. The van der Waals surface area contributed by atoms with Gasteiger partial charge < -0.3 is 14.5 Å². The topological polar surface area (TPSA) is 72.2 Å². The summed E-state index contributed by atoms with van der Waals surface area (Å²) in [5.41, 5.74) is 3.02. The number of fused-ring (bicyclic) bond motifs is 1. The summed E-state index contributed by atoms with van der Waals surface area (Å²) in [4.78, 5) is 13.9. The minimum atomic E-state index is 0.209. The number of nitrogens with zero attached hydrogens (tertiary/aromatic N) is 7. The van der Waals surface area contributed by atoms with Crippen LogP contribution >= 0.6 is 0 Å². The van der Waals surface area contributed by atoms with Crippen LogP contribution in [0, 0.1) is 31.6 Å². The van der Waals surface area contributed by atoms with Crippen molar-refractivity contribution in [2.75, 3.05) is 38.7 Å². The largest absolute Gasteiger partial charge is 0.376 e. The first kappa shape index (κ1) is 20.8. The lowest BCUT2D eigenvalue weighted by atomic mass is 9.77. The van der Waals surface area contributed by atoms with Crippen LogP contribution in [-0.2, 0) is 11.3 Å². The van der Waals surface area contributed by atoms with Crippen molar-refractivity contribution in [3.05, 3.63) is 29.5 Å². The molecule has 3 aliphatic rings. The van der Waals surface area contributed by atoms with E-state index in [0.717, 1.165) is 67.9 Å². The Morgan fingerprint density at radius 3 is 2.65 bits per heavy atom. The molecule has 2 saturated carbocycles. The molecule has 0 N–H and O–H groups in total. The molecule has 0 unspecified atom stereocenters. The van der Waals surface area contributed by atoms with Crippen LogP contribution in [0.4, 0.5) is 5.82 Å². The fourth-order valence-corrected chi connectivity index (χ4v) is 5.26. The number of aromatic nitrogens is 5. The van der Waals surface area contributed by atoms with E-state index in [-0.39, 0.29) is 12.1 Å². The third kappa shape index (κ3) is 4.60. The maximum Gasteiger partial charge on any atom is 0.150 e. The molecule has 4 atom stereocenters. The highest BCUT2D eigenvalue weighted by Crippen LogP contribution is 2.44. The van der Waals surface area contributed by atoms with Gasteiger partial charge in [0.15, 0.2) is 0 Å². The lowest BCUT2D eigenvalue weighted by Gasteiger charge is -2.37. The Labute approximate surface area is 185 Å². The molecule has 2 aromatic rings. The highest BCUT2D eigenvalue weighted by atomic mass is 16.5. The summed E-state index contributed by atoms with van der Waals surface area (Å²) >= 11 is 0. The molecule has 2 aromatic heterocycles. The summed E-state index contributed by atoms with van der Waals surface area (Å²) in [6.45, 7) is 7.87. The molecule has 0 spiro atoms. The predicted octanol–water partition coefficient (Wildman–Crippen LogP) is 2.63. The standard InChI is InChI=1S/C23H35N7O/c1-15-9-24-16(2)23(25-15)29-10-18-7-21(30-13-20(26-27-30)12-28(3)4)22(8-19(18)11-29)31-14-17-5-6-17/h9,13,17-19,21-22H,5-8,10-12,14H2,1-4H3/t18-,19+,21-,22-/m1/s1. The molecule has 1 saturated heterocycles. The first-order valence-corrected chi connectivity index (χ1v) is 11.7. The van der Waals surface area contributed by atoms with Gasteiger partial charge in [0.1, 0.15) is 5.82 Å². The van der Waals surface area contributed by atoms with E-state index in [1.165, 1.54) is 12.8 Å². The minimum absolute atomic E-state index is 0.209. The molecule has 1 aliphatic heterocycles. The van der Waals surface area contributed by atoms with Crippen LogP contribution in [0.2, 0.25) is 0 Å². The Bertz CT molecular complexity index is 909. The molecule has 2 aliphatic carbocycles. The lowest BCUT2D eigenvalue weighted by molar-refractivity contribution is -0.0375. The fourth-order valence-electron chi connectivity index (χ4n) is 5.26.